The first kappa shape index (κ1) is 14.6. The van der Waals surface area contributed by atoms with E-state index in [1.807, 2.05) is 0 Å². The van der Waals surface area contributed by atoms with Crippen LogP contribution >= 0.6 is 0 Å². The smallest absolute Gasteiger partial charge is 0.151 e. The summed E-state index contributed by atoms with van der Waals surface area (Å²) in [7, 11) is 0. The third-order valence-electron chi connectivity index (χ3n) is 4.96. The van der Waals surface area contributed by atoms with Gasteiger partial charge in [-0.2, -0.15) is 0 Å². The van der Waals surface area contributed by atoms with E-state index in [0.29, 0.717) is 0 Å². The van der Waals surface area contributed by atoms with Crippen LogP contribution in [0, 0.1) is 0 Å². The second kappa shape index (κ2) is 6.67. The number of benzene rings is 1. The maximum Gasteiger partial charge on any atom is 0.151 e. The Balaban J connectivity index is 1.55. The number of anilines is 1. The van der Waals surface area contributed by atoms with Crippen molar-refractivity contribution in [1.82, 2.24) is 15.5 Å². The Morgan fingerprint density at radius 1 is 0.826 bits per heavy atom. The van der Waals surface area contributed by atoms with Gasteiger partial charge in [0.2, 0.25) is 0 Å². The van der Waals surface area contributed by atoms with Crippen LogP contribution in [0.3, 0.4) is 0 Å². The first-order valence-corrected chi connectivity index (χ1v) is 8.82. The van der Waals surface area contributed by atoms with Gasteiger partial charge in [0, 0.05) is 25.2 Å². The fourth-order valence-electron chi connectivity index (χ4n) is 3.62. The van der Waals surface area contributed by atoms with E-state index < -0.39 is 0 Å². The molecule has 1 aromatic carbocycles. The van der Waals surface area contributed by atoms with Crippen LogP contribution < -0.4 is 10.2 Å². The van der Waals surface area contributed by atoms with Crippen molar-refractivity contribution in [2.24, 2.45) is 0 Å². The van der Waals surface area contributed by atoms with Crippen molar-refractivity contribution in [3.05, 3.63) is 41.5 Å². The molecular formula is C19H24N4. The number of rotatable bonds is 2. The molecule has 120 valence electrons. The second-order valence-corrected chi connectivity index (χ2v) is 6.56. The molecule has 4 rings (SSSR count). The van der Waals surface area contributed by atoms with Gasteiger partial charge < -0.3 is 10.2 Å². The van der Waals surface area contributed by atoms with Crippen LogP contribution in [0.4, 0.5) is 5.82 Å². The van der Waals surface area contributed by atoms with Gasteiger partial charge in [0.1, 0.15) is 0 Å². The predicted octanol–water partition coefficient (Wildman–Crippen LogP) is 2.82. The molecule has 0 atom stereocenters. The zero-order valence-corrected chi connectivity index (χ0v) is 13.6. The average molecular weight is 308 g/mol. The molecule has 0 radical (unpaired) electrons. The van der Waals surface area contributed by atoms with Gasteiger partial charge >= 0.3 is 0 Å². The molecule has 1 aromatic heterocycles. The number of aryl methyl sites for hydroxylation is 2. The molecule has 0 amide bonds. The maximum atomic E-state index is 4.49. The van der Waals surface area contributed by atoms with Crippen LogP contribution in [0.1, 0.15) is 30.4 Å². The van der Waals surface area contributed by atoms with Crippen molar-refractivity contribution in [2.45, 2.75) is 32.1 Å². The van der Waals surface area contributed by atoms with Crippen molar-refractivity contribution in [3.63, 3.8) is 0 Å². The van der Waals surface area contributed by atoms with Gasteiger partial charge in [0.25, 0.3) is 0 Å². The second-order valence-electron chi connectivity index (χ2n) is 6.56. The van der Waals surface area contributed by atoms with Crippen molar-refractivity contribution in [1.29, 1.82) is 0 Å². The molecule has 2 heterocycles. The highest BCUT2D eigenvalue weighted by Gasteiger charge is 2.13. The molecule has 1 aliphatic heterocycles. The van der Waals surface area contributed by atoms with Crippen LogP contribution in [0.15, 0.2) is 30.3 Å². The summed E-state index contributed by atoms with van der Waals surface area (Å²) in [4.78, 5) is 2.32. The highest BCUT2D eigenvalue weighted by atomic mass is 15.3. The van der Waals surface area contributed by atoms with Gasteiger partial charge in [-0.3, -0.25) is 0 Å². The van der Waals surface area contributed by atoms with Crippen molar-refractivity contribution >= 4 is 5.82 Å². The minimum absolute atomic E-state index is 0.982. The normalized spacial score (nSPS) is 18.3. The maximum absolute atomic E-state index is 4.49. The van der Waals surface area contributed by atoms with E-state index in [1.165, 1.54) is 42.4 Å². The molecule has 1 fully saturated rings. The largest absolute Gasteiger partial charge is 0.354 e. The topological polar surface area (TPSA) is 41.0 Å². The van der Waals surface area contributed by atoms with Crippen molar-refractivity contribution < 1.29 is 0 Å². The quantitative estimate of drug-likeness (QED) is 0.926. The lowest BCUT2D eigenvalue weighted by molar-refractivity contribution is 0.686. The highest BCUT2D eigenvalue weighted by Crippen LogP contribution is 2.26. The highest BCUT2D eigenvalue weighted by molar-refractivity contribution is 5.62. The minimum atomic E-state index is 0.982. The van der Waals surface area contributed by atoms with E-state index >= 15 is 0 Å². The van der Waals surface area contributed by atoms with Gasteiger partial charge in [0.15, 0.2) is 5.82 Å². The fraction of sp³-hybridized carbons (Fsp3) is 0.474. The summed E-state index contributed by atoms with van der Waals surface area (Å²) < 4.78 is 0. The first-order valence-electron chi connectivity index (χ1n) is 8.82. The first-order chi connectivity index (χ1) is 11.4. The molecule has 2 aromatic rings. The molecule has 23 heavy (non-hydrogen) atoms. The average Bonchev–Trinajstić information content (AvgIpc) is 2.91. The van der Waals surface area contributed by atoms with E-state index in [1.54, 1.807) is 0 Å². The third-order valence-corrected chi connectivity index (χ3v) is 4.96. The van der Waals surface area contributed by atoms with Crippen LogP contribution in [0.5, 0.6) is 0 Å². The number of nitrogens with one attached hydrogen (secondary N) is 1. The Labute approximate surface area is 137 Å². The van der Waals surface area contributed by atoms with E-state index in [0.717, 1.165) is 44.1 Å². The van der Waals surface area contributed by atoms with Crippen LogP contribution in [-0.4, -0.2) is 36.4 Å². The molecule has 2 aliphatic rings. The lowest BCUT2D eigenvalue weighted by Crippen LogP contribution is -2.28. The Bertz CT molecular complexity index is 658. The van der Waals surface area contributed by atoms with E-state index in [4.69, 9.17) is 0 Å². The minimum Gasteiger partial charge on any atom is -0.354 e. The zero-order valence-electron chi connectivity index (χ0n) is 13.6. The van der Waals surface area contributed by atoms with Gasteiger partial charge in [0.05, 0.1) is 5.69 Å². The number of hydrogen-bond acceptors (Lipinski definition) is 4. The molecule has 4 nitrogen and oxygen atoms in total. The molecule has 0 spiro atoms. The molecule has 1 N–H and O–H groups in total. The van der Waals surface area contributed by atoms with E-state index in [9.17, 15) is 0 Å². The van der Waals surface area contributed by atoms with Gasteiger partial charge in [-0.15, -0.1) is 10.2 Å². The summed E-state index contributed by atoms with van der Waals surface area (Å²) >= 11 is 0. The standard InChI is InChI=1S/C19H24N4/c1-2-5-16-14-17(7-6-15(16)4-1)18-8-9-19(22-21-18)23-12-3-10-20-11-13-23/h6-9,14,20H,1-5,10-13H2. The van der Waals surface area contributed by atoms with Crippen molar-refractivity contribution in [2.75, 3.05) is 31.1 Å². The monoisotopic (exact) mass is 308 g/mol. The Hall–Kier alpha value is -1.94. The summed E-state index contributed by atoms with van der Waals surface area (Å²) in [5, 5.41) is 12.4. The lowest BCUT2D eigenvalue weighted by atomic mass is 9.90. The lowest BCUT2D eigenvalue weighted by Gasteiger charge is -2.20. The Kier molecular flexibility index (Phi) is 4.24. The fourth-order valence-corrected chi connectivity index (χ4v) is 3.62. The van der Waals surface area contributed by atoms with E-state index in [2.05, 4.69) is 50.7 Å². The zero-order chi connectivity index (χ0) is 15.5. The third kappa shape index (κ3) is 3.22. The summed E-state index contributed by atoms with van der Waals surface area (Å²) in [5.41, 5.74) is 5.19. The number of fused-ring (bicyclic) bond motifs is 1. The predicted molar refractivity (Wildman–Crippen MR) is 93.8 cm³/mol. The number of nitrogens with zero attached hydrogens (tertiary/aromatic N) is 3. The van der Waals surface area contributed by atoms with Crippen LogP contribution in [0.25, 0.3) is 11.3 Å². The molecule has 4 heteroatoms. The molecule has 1 aliphatic carbocycles. The molecule has 1 saturated heterocycles. The van der Waals surface area contributed by atoms with E-state index in [-0.39, 0.29) is 0 Å². The summed E-state index contributed by atoms with van der Waals surface area (Å²) in [5.74, 6) is 0.996. The van der Waals surface area contributed by atoms with Gasteiger partial charge in [-0.05, 0) is 68.0 Å². The Morgan fingerprint density at radius 3 is 2.61 bits per heavy atom. The Morgan fingerprint density at radius 2 is 1.74 bits per heavy atom. The SMILES string of the molecule is c1cc2c(cc1-c1ccc(N3CCCNCC3)nn1)CCCC2. The molecule has 0 unspecified atom stereocenters. The number of aromatic nitrogens is 2. The molecular weight excluding hydrogens is 284 g/mol. The van der Waals surface area contributed by atoms with Gasteiger partial charge in [-0.1, -0.05) is 12.1 Å². The summed E-state index contributed by atoms with van der Waals surface area (Å²) in [6, 6.07) is 11.0. The molecule has 0 saturated carbocycles. The van der Waals surface area contributed by atoms with Gasteiger partial charge in [-0.25, -0.2) is 0 Å². The van der Waals surface area contributed by atoms with Crippen LogP contribution in [0.2, 0.25) is 0 Å². The summed E-state index contributed by atoms with van der Waals surface area (Å²) in [6.45, 7) is 4.18. The number of hydrogen-bond donors (Lipinski definition) is 1. The molecule has 0 bridgehead atoms. The van der Waals surface area contributed by atoms with Crippen LogP contribution in [-0.2, 0) is 12.8 Å². The van der Waals surface area contributed by atoms with Crippen molar-refractivity contribution in [3.8, 4) is 11.3 Å². The summed E-state index contributed by atoms with van der Waals surface area (Å²) in [6.07, 6.45) is 6.22.